The van der Waals surface area contributed by atoms with Gasteiger partial charge in [-0.3, -0.25) is 4.98 Å². The fraction of sp³-hybridized carbons (Fsp3) is 0.250. The summed E-state index contributed by atoms with van der Waals surface area (Å²) in [7, 11) is -3.56. The number of thioether (sulfide) groups is 1. The zero-order valence-corrected chi connectivity index (χ0v) is 12.1. The molecule has 0 spiro atoms. The van der Waals surface area contributed by atoms with Crippen LogP contribution in [0.5, 0.6) is 0 Å². The molecule has 1 aromatic carbocycles. The van der Waals surface area contributed by atoms with Crippen molar-refractivity contribution in [3.05, 3.63) is 30.5 Å². The van der Waals surface area contributed by atoms with Gasteiger partial charge in [0, 0.05) is 29.6 Å². The number of pyridine rings is 1. The zero-order chi connectivity index (χ0) is 13.9. The Morgan fingerprint density at radius 1 is 1.37 bits per heavy atom. The maximum atomic E-state index is 12.2. The minimum atomic E-state index is -3.56. The van der Waals surface area contributed by atoms with Crippen LogP contribution in [-0.4, -0.2) is 32.0 Å². The lowest BCUT2D eigenvalue weighted by atomic mass is 10.2. The van der Waals surface area contributed by atoms with E-state index in [1.807, 2.05) is 6.26 Å². The van der Waals surface area contributed by atoms with Crippen molar-refractivity contribution in [3.8, 4) is 0 Å². The van der Waals surface area contributed by atoms with Crippen LogP contribution in [0.1, 0.15) is 0 Å². The highest BCUT2D eigenvalue weighted by molar-refractivity contribution is 7.98. The summed E-state index contributed by atoms with van der Waals surface area (Å²) in [5, 5.41) is 0.648. The van der Waals surface area contributed by atoms with E-state index in [1.165, 1.54) is 6.07 Å². The molecule has 0 bridgehead atoms. The Morgan fingerprint density at radius 3 is 2.89 bits per heavy atom. The molecule has 0 atom stereocenters. The monoisotopic (exact) mass is 297 g/mol. The number of rotatable bonds is 5. The minimum Gasteiger partial charge on any atom is -0.398 e. The summed E-state index contributed by atoms with van der Waals surface area (Å²) in [5.41, 5.74) is 6.75. The summed E-state index contributed by atoms with van der Waals surface area (Å²) in [4.78, 5) is 4.30. The van der Waals surface area contributed by atoms with E-state index in [-0.39, 0.29) is 4.90 Å². The minimum absolute atomic E-state index is 0.165. The normalized spacial score (nSPS) is 11.8. The smallest absolute Gasteiger partial charge is 0.242 e. The highest BCUT2D eigenvalue weighted by Gasteiger charge is 2.18. The summed E-state index contributed by atoms with van der Waals surface area (Å²) < 4.78 is 27.0. The van der Waals surface area contributed by atoms with Crippen LogP contribution in [0.15, 0.2) is 35.4 Å². The predicted molar refractivity (Wildman–Crippen MR) is 79.7 cm³/mol. The lowest BCUT2D eigenvalue weighted by Gasteiger charge is -2.09. The van der Waals surface area contributed by atoms with Crippen LogP contribution in [0.25, 0.3) is 10.9 Å². The Morgan fingerprint density at radius 2 is 2.16 bits per heavy atom. The van der Waals surface area contributed by atoms with Gasteiger partial charge in [0.05, 0.1) is 5.52 Å². The van der Waals surface area contributed by atoms with Gasteiger partial charge in [0.2, 0.25) is 10.0 Å². The molecule has 0 radical (unpaired) electrons. The quantitative estimate of drug-likeness (QED) is 0.644. The fourth-order valence-corrected chi connectivity index (χ4v) is 3.37. The lowest BCUT2D eigenvalue weighted by molar-refractivity contribution is 0.585. The average molecular weight is 297 g/mol. The third-order valence-corrected chi connectivity index (χ3v) is 4.76. The van der Waals surface area contributed by atoms with Gasteiger partial charge >= 0.3 is 0 Å². The van der Waals surface area contributed by atoms with Crippen molar-refractivity contribution in [2.45, 2.75) is 4.90 Å². The molecular weight excluding hydrogens is 282 g/mol. The molecule has 0 aliphatic rings. The first-order chi connectivity index (χ1) is 9.06. The Kier molecular flexibility index (Phi) is 4.28. The van der Waals surface area contributed by atoms with Crippen molar-refractivity contribution in [3.63, 3.8) is 0 Å². The molecule has 102 valence electrons. The predicted octanol–water partition coefficient (Wildman–Crippen LogP) is 1.46. The van der Waals surface area contributed by atoms with Crippen LogP contribution in [0.2, 0.25) is 0 Å². The first-order valence-electron chi connectivity index (χ1n) is 5.68. The number of sulfonamides is 1. The van der Waals surface area contributed by atoms with Gasteiger partial charge in [-0.25, -0.2) is 13.1 Å². The van der Waals surface area contributed by atoms with Crippen molar-refractivity contribution < 1.29 is 8.42 Å². The number of nitrogens with one attached hydrogen (secondary N) is 1. The molecule has 19 heavy (non-hydrogen) atoms. The molecule has 0 aliphatic heterocycles. The SMILES string of the molecule is CSCCNS(=O)(=O)c1ccc(N)c2cccnc12. The molecule has 7 heteroatoms. The highest BCUT2D eigenvalue weighted by Crippen LogP contribution is 2.25. The molecule has 2 aromatic rings. The van der Waals surface area contributed by atoms with Gasteiger partial charge in [0.15, 0.2) is 0 Å². The standard InChI is InChI=1S/C12H15N3O2S2/c1-18-8-7-15-19(16,17)11-5-4-10(13)9-3-2-6-14-12(9)11/h2-6,15H,7-8,13H2,1H3. The van der Waals surface area contributed by atoms with Crippen LogP contribution in [0.3, 0.4) is 0 Å². The van der Waals surface area contributed by atoms with E-state index in [2.05, 4.69) is 9.71 Å². The van der Waals surface area contributed by atoms with Gasteiger partial charge < -0.3 is 5.73 Å². The number of hydrogen-bond acceptors (Lipinski definition) is 5. The summed E-state index contributed by atoms with van der Waals surface area (Å²) in [5.74, 6) is 0.722. The summed E-state index contributed by atoms with van der Waals surface area (Å²) in [6, 6.07) is 6.58. The van der Waals surface area contributed by atoms with E-state index in [0.717, 1.165) is 5.75 Å². The number of aromatic nitrogens is 1. The summed E-state index contributed by atoms with van der Waals surface area (Å²) >= 11 is 1.58. The molecule has 0 aliphatic carbocycles. The number of anilines is 1. The van der Waals surface area contributed by atoms with Crippen LogP contribution >= 0.6 is 11.8 Å². The second-order valence-electron chi connectivity index (χ2n) is 3.94. The van der Waals surface area contributed by atoms with Crippen molar-refractivity contribution in [2.24, 2.45) is 0 Å². The number of hydrogen-bond donors (Lipinski definition) is 2. The third-order valence-electron chi connectivity index (χ3n) is 2.65. The van der Waals surface area contributed by atoms with Crippen molar-refractivity contribution in [1.29, 1.82) is 0 Å². The number of nitrogen functional groups attached to an aromatic ring is 1. The number of benzene rings is 1. The van der Waals surface area contributed by atoms with Crippen molar-refractivity contribution >= 4 is 38.4 Å². The van der Waals surface area contributed by atoms with Gasteiger partial charge in [0.1, 0.15) is 4.90 Å². The Labute approximate surface area is 116 Å². The van der Waals surface area contributed by atoms with Crippen LogP contribution in [-0.2, 0) is 10.0 Å². The molecule has 1 aromatic heterocycles. The van der Waals surface area contributed by atoms with Gasteiger partial charge in [0.25, 0.3) is 0 Å². The van der Waals surface area contributed by atoms with E-state index >= 15 is 0 Å². The van der Waals surface area contributed by atoms with Gasteiger partial charge in [-0.15, -0.1) is 0 Å². The molecule has 2 rings (SSSR count). The topological polar surface area (TPSA) is 85.1 Å². The Hall–Kier alpha value is -1.31. The van der Waals surface area contributed by atoms with E-state index in [4.69, 9.17) is 5.73 Å². The van der Waals surface area contributed by atoms with Crippen LogP contribution in [0.4, 0.5) is 5.69 Å². The second kappa shape index (κ2) is 5.77. The van der Waals surface area contributed by atoms with Crippen LogP contribution in [0, 0.1) is 0 Å². The zero-order valence-electron chi connectivity index (χ0n) is 10.5. The molecule has 0 amide bonds. The second-order valence-corrected chi connectivity index (χ2v) is 6.66. The van der Waals surface area contributed by atoms with Crippen molar-refractivity contribution in [1.82, 2.24) is 9.71 Å². The third kappa shape index (κ3) is 2.99. The molecule has 1 heterocycles. The van der Waals surface area contributed by atoms with Crippen LogP contribution < -0.4 is 10.5 Å². The lowest BCUT2D eigenvalue weighted by Crippen LogP contribution is -2.26. The molecule has 0 fully saturated rings. The van der Waals surface area contributed by atoms with E-state index in [0.29, 0.717) is 23.1 Å². The van der Waals surface area contributed by atoms with Gasteiger partial charge in [-0.05, 0) is 30.5 Å². The Bertz CT molecular complexity index is 686. The average Bonchev–Trinajstić information content (AvgIpc) is 2.39. The first kappa shape index (κ1) is 14.1. The first-order valence-corrected chi connectivity index (χ1v) is 8.56. The summed E-state index contributed by atoms with van der Waals surface area (Å²) in [6.45, 7) is 0.391. The largest absolute Gasteiger partial charge is 0.398 e. The fourth-order valence-electron chi connectivity index (χ4n) is 1.74. The van der Waals surface area contributed by atoms with E-state index in [9.17, 15) is 8.42 Å². The number of nitrogens with two attached hydrogens (primary N) is 1. The number of nitrogens with zero attached hydrogens (tertiary/aromatic N) is 1. The molecule has 0 saturated heterocycles. The Balaban J connectivity index is 2.48. The molecule has 3 N–H and O–H groups in total. The molecule has 0 unspecified atom stereocenters. The van der Waals surface area contributed by atoms with Gasteiger partial charge in [-0.1, -0.05) is 0 Å². The molecule has 5 nitrogen and oxygen atoms in total. The van der Waals surface area contributed by atoms with E-state index < -0.39 is 10.0 Å². The van der Waals surface area contributed by atoms with Gasteiger partial charge in [-0.2, -0.15) is 11.8 Å². The maximum Gasteiger partial charge on any atom is 0.242 e. The maximum absolute atomic E-state index is 12.2. The van der Waals surface area contributed by atoms with E-state index in [1.54, 1.807) is 36.2 Å². The molecular formula is C12H15N3O2S2. The summed E-state index contributed by atoms with van der Waals surface area (Å²) in [6.07, 6.45) is 3.48. The van der Waals surface area contributed by atoms with Crippen molar-refractivity contribution in [2.75, 3.05) is 24.3 Å². The highest BCUT2D eigenvalue weighted by atomic mass is 32.2. The molecule has 0 saturated carbocycles. The number of fused-ring (bicyclic) bond motifs is 1.